The Balaban J connectivity index is 1.60. The lowest BCUT2D eigenvalue weighted by atomic mass is 9.82. The highest BCUT2D eigenvalue weighted by atomic mass is 16.4. The highest BCUT2D eigenvalue weighted by Gasteiger charge is 2.51. The predicted octanol–water partition coefficient (Wildman–Crippen LogP) is 1.11. The lowest BCUT2D eigenvalue weighted by Crippen LogP contribution is -2.45. The number of fused-ring (bicyclic) bond motifs is 2. The van der Waals surface area contributed by atoms with Gasteiger partial charge in [-0.05, 0) is 44.2 Å². The summed E-state index contributed by atoms with van der Waals surface area (Å²) in [6, 6.07) is 0.413. The molecular weight excluding hydrogens is 268 g/mol. The number of carbonyl (C=O) groups excluding carboxylic acids is 1. The van der Waals surface area contributed by atoms with E-state index in [0.29, 0.717) is 12.6 Å². The fourth-order valence-electron chi connectivity index (χ4n) is 4.40. The number of allylic oxidation sites excluding steroid dienone is 2. The largest absolute Gasteiger partial charge is 0.481 e. The molecule has 21 heavy (non-hydrogen) atoms. The average Bonchev–Trinajstić information content (AvgIpc) is 3.18. The van der Waals surface area contributed by atoms with Crippen LogP contribution in [0.5, 0.6) is 0 Å². The highest BCUT2D eigenvalue weighted by Crippen LogP contribution is 2.48. The maximum atomic E-state index is 12.5. The number of amides is 1. The number of carboxylic acids is 1. The van der Waals surface area contributed by atoms with Gasteiger partial charge in [0.25, 0.3) is 0 Å². The third kappa shape index (κ3) is 2.59. The van der Waals surface area contributed by atoms with Gasteiger partial charge in [0.05, 0.1) is 11.8 Å². The van der Waals surface area contributed by atoms with Crippen LogP contribution in [0.4, 0.5) is 0 Å². The van der Waals surface area contributed by atoms with Crippen LogP contribution in [0, 0.1) is 23.7 Å². The molecule has 5 nitrogen and oxygen atoms in total. The molecule has 3 aliphatic rings. The Morgan fingerprint density at radius 3 is 2.67 bits per heavy atom. The van der Waals surface area contributed by atoms with Crippen molar-refractivity contribution in [3.05, 3.63) is 12.2 Å². The van der Waals surface area contributed by atoms with E-state index in [1.807, 2.05) is 12.2 Å². The van der Waals surface area contributed by atoms with Gasteiger partial charge in [0, 0.05) is 12.6 Å². The number of hydrogen-bond donors (Lipinski definition) is 2. The van der Waals surface area contributed by atoms with Crippen LogP contribution < -0.4 is 5.32 Å². The van der Waals surface area contributed by atoms with E-state index in [9.17, 15) is 14.7 Å². The van der Waals surface area contributed by atoms with Crippen molar-refractivity contribution >= 4 is 11.9 Å². The van der Waals surface area contributed by atoms with Crippen molar-refractivity contribution in [3.8, 4) is 0 Å². The van der Waals surface area contributed by atoms with E-state index in [4.69, 9.17) is 0 Å². The summed E-state index contributed by atoms with van der Waals surface area (Å²) in [4.78, 5) is 26.3. The first kappa shape index (κ1) is 14.6. The smallest absolute Gasteiger partial charge is 0.307 e. The average molecular weight is 292 g/mol. The van der Waals surface area contributed by atoms with Gasteiger partial charge in [0.1, 0.15) is 0 Å². The standard InChI is InChI=1S/C16H24N2O3/c1-2-18-7-3-4-12(18)9-17-15(19)13-10-5-6-11(8-10)14(13)16(20)21/h5-6,10-14H,2-4,7-9H2,1H3,(H,17,19)(H,20,21). The van der Waals surface area contributed by atoms with E-state index >= 15 is 0 Å². The summed E-state index contributed by atoms with van der Waals surface area (Å²) in [5, 5.41) is 12.4. The Kier molecular flexibility index (Phi) is 4.02. The summed E-state index contributed by atoms with van der Waals surface area (Å²) >= 11 is 0. The van der Waals surface area contributed by atoms with Crippen LogP contribution in [0.15, 0.2) is 12.2 Å². The number of carbonyl (C=O) groups is 2. The summed E-state index contributed by atoms with van der Waals surface area (Å²) in [6.07, 6.45) is 7.13. The first-order chi connectivity index (χ1) is 10.1. The van der Waals surface area contributed by atoms with Crippen molar-refractivity contribution in [1.29, 1.82) is 0 Å². The second kappa shape index (κ2) is 5.79. The van der Waals surface area contributed by atoms with Crippen LogP contribution >= 0.6 is 0 Å². The Morgan fingerprint density at radius 1 is 1.29 bits per heavy atom. The molecule has 0 aromatic carbocycles. The van der Waals surface area contributed by atoms with E-state index in [2.05, 4.69) is 17.1 Å². The van der Waals surface area contributed by atoms with Crippen molar-refractivity contribution in [1.82, 2.24) is 10.2 Å². The monoisotopic (exact) mass is 292 g/mol. The maximum Gasteiger partial charge on any atom is 0.307 e. The van der Waals surface area contributed by atoms with Crippen molar-refractivity contribution in [2.75, 3.05) is 19.6 Å². The number of likely N-dealkylation sites (tertiary alicyclic amines) is 1. The van der Waals surface area contributed by atoms with Gasteiger partial charge in [-0.3, -0.25) is 14.5 Å². The normalized spacial score (nSPS) is 38.0. The van der Waals surface area contributed by atoms with E-state index < -0.39 is 11.9 Å². The molecule has 5 heteroatoms. The molecule has 1 aliphatic heterocycles. The number of rotatable bonds is 5. The number of nitrogens with zero attached hydrogens (tertiary/aromatic N) is 1. The molecule has 2 N–H and O–H groups in total. The van der Waals surface area contributed by atoms with Crippen LogP contribution in [0.1, 0.15) is 26.2 Å². The van der Waals surface area contributed by atoms with Crippen molar-refractivity contribution < 1.29 is 14.7 Å². The Labute approximate surface area is 125 Å². The zero-order valence-electron chi connectivity index (χ0n) is 12.5. The number of hydrogen-bond acceptors (Lipinski definition) is 3. The van der Waals surface area contributed by atoms with Gasteiger partial charge < -0.3 is 10.4 Å². The summed E-state index contributed by atoms with van der Waals surface area (Å²) in [5.74, 6) is -1.66. The molecule has 2 fully saturated rings. The molecule has 0 aromatic heterocycles. The molecule has 3 rings (SSSR count). The molecular formula is C16H24N2O3. The lowest BCUT2D eigenvalue weighted by Gasteiger charge is -2.27. The van der Waals surface area contributed by atoms with Crippen molar-refractivity contribution in [2.45, 2.75) is 32.2 Å². The van der Waals surface area contributed by atoms with E-state index in [-0.39, 0.29) is 23.7 Å². The molecule has 0 aromatic rings. The van der Waals surface area contributed by atoms with Crippen LogP contribution in [-0.4, -0.2) is 47.6 Å². The summed E-state index contributed by atoms with van der Waals surface area (Å²) in [6.45, 7) is 4.90. The second-order valence-corrected chi connectivity index (χ2v) is 6.51. The molecule has 5 atom stereocenters. The first-order valence-electron chi connectivity index (χ1n) is 8.04. The zero-order chi connectivity index (χ0) is 15.0. The quantitative estimate of drug-likeness (QED) is 0.745. The van der Waals surface area contributed by atoms with Gasteiger partial charge in [-0.15, -0.1) is 0 Å². The van der Waals surface area contributed by atoms with Crippen LogP contribution in [0.3, 0.4) is 0 Å². The van der Waals surface area contributed by atoms with Gasteiger partial charge in [-0.25, -0.2) is 0 Å². The number of likely N-dealkylation sites (N-methyl/N-ethyl adjacent to an activating group) is 1. The summed E-state index contributed by atoms with van der Waals surface area (Å²) < 4.78 is 0. The van der Waals surface area contributed by atoms with Gasteiger partial charge in [0.2, 0.25) is 5.91 Å². The minimum atomic E-state index is -0.831. The third-order valence-corrected chi connectivity index (χ3v) is 5.46. The zero-order valence-corrected chi connectivity index (χ0v) is 12.5. The maximum absolute atomic E-state index is 12.5. The highest BCUT2D eigenvalue weighted by molar-refractivity contribution is 5.86. The summed E-state index contributed by atoms with van der Waals surface area (Å²) in [7, 11) is 0. The molecule has 116 valence electrons. The molecule has 5 unspecified atom stereocenters. The Morgan fingerprint density at radius 2 is 2.00 bits per heavy atom. The fourth-order valence-corrected chi connectivity index (χ4v) is 4.40. The van der Waals surface area contributed by atoms with Crippen molar-refractivity contribution in [3.63, 3.8) is 0 Å². The fraction of sp³-hybridized carbons (Fsp3) is 0.750. The summed E-state index contributed by atoms with van der Waals surface area (Å²) in [5.41, 5.74) is 0. The topological polar surface area (TPSA) is 69.6 Å². The third-order valence-electron chi connectivity index (χ3n) is 5.46. The molecule has 1 amide bonds. The van der Waals surface area contributed by atoms with Crippen molar-refractivity contribution in [2.24, 2.45) is 23.7 Å². The number of aliphatic carboxylic acids is 1. The van der Waals surface area contributed by atoms with Gasteiger partial charge >= 0.3 is 5.97 Å². The minimum absolute atomic E-state index is 0.0434. The number of carboxylic acid groups (broad SMARTS) is 1. The first-order valence-corrected chi connectivity index (χ1v) is 8.04. The van der Waals surface area contributed by atoms with Crippen LogP contribution in [0.25, 0.3) is 0 Å². The SMILES string of the molecule is CCN1CCCC1CNC(=O)C1C2C=CC(C2)C1C(=O)O. The van der Waals surface area contributed by atoms with Gasteiger partial charge in [-0.2, -0.15) is 0 Å². The Hall–Kier alpha value is -1.36. The van der Waals surface area contributed by atoms with Crippen LogP contribution in [-0.2, 0) is 9.59 Å². The molecule has 1 saturated carbocycles. The minimum Gasteiger partial charge on any atom is -0.481 e. The van der Waals surface area contributed by atoms with Crippen LogP contribution in [0.2, 0.25) is 0 Å². The van der Waals surface area contributed by atoms with Gasteiger partial charge in [0.15, 0.2) is 0 Å². The van der Waals surface area contributed by atoms with E-state index in [1.54, 1.807) is 0 Å². The molecule has 2 aliphatic carbocycles. The van der Waals surface area contributed by atoms with E-state index in [0.717, 1.165) is 25.9 Å². The molecule has 1 heterocycles. The predicted molar refractivity (Wildman–Crippen MR) is 78.6 cm³/mol. The van der Waals surface area contributed by atoms with Gasteiger partial charge in [-0.1, -0.05) is 19.1 Å². The van der Waals surface area contributed by atoms with E-state index in [1.165, 1.54) is 6.42 Å². The molecule has 0 radical (unpaired) electrons. The number of nitrogens with one attached hydrogen (secondary N) is 1. The Bertz CT molecular complexity index is 462. The molecule has 0 spiro atoms. The second-order valence-electron chi connectivity index (χ2n) is 6.51. The lowest BCUT2D eigenvalue weighted by molar-refractivity contribution is -0.147. The molecule has 1 saturated heterocycles. The molecule has 2 bridgehead atoms.